The first kappa shape index (κ1) is 17.9. The lowest BCUT2D eigenvalue weighted by molar-refractivity contribution is 0.186. The van der Waals surface area contributed by atoms with Crippen LogP contribution in [0.3, 0.4) is 0 Å². The average Bonchev–Trinajstić information content (AvgIpc) is 2.37. The summed E-state index contributed by atoms with van der Waals surface area (Å²) in [6.45, 7) is 9.63. The van der Waals surface area contributed by atoms with Crippen LogP contribution in [0.5, 0.6) is 0 Å². The van der Waals surface area contributed by atoms with Crippen LogP contribution in [0.1, 0.15) is 39.5 Å². The number of rotatable bonds is 9. The second kappa shape index (κ2) is 8.97. The molecule has 20 heavy (non-hydrogen) atoms. The summed E-state index contributed by atoms with van der Waals surface area (Å²) in [5, 5.41) is 3.43. The van der Waals surface area contributed by atoms with Gasteiger partial charge in [0.15, 0.2) is 0 Å². The van der Waals surface area contributed by atoms with Gasteiger partial charge in [0.2, 0.25) is 10.0 Å². The van der Waals surface area contributed by atoms with Crippen LogP contribution in [0.2, 0.25) is 0 Å². The Balaban J connectivity index is 1.99. The van der Waals surface area contributed by atoms with Gasteiger partial charge in [-0.3, -0.25) is 0 Å². The van der Waals surface area contributed by atoms with E-state index in [9.17, 15) is 8.42 Å². The van der Waals surface area contributed by atoms with E-state index < -0.39 is 10.0 Å². The van der Waals surface area contributed by atoms with Crippen LogP contribution in [0.4, 0.5) is 0 Å². The zero-order valence-corrected chi connectivity index (χ0v) is 14.1. The molecule has 1 saturated heterocycles. The molecule has 6 heteroatoms. The van der Waals surface area contributed by atoms with E-state index in [2.05, 4.69) is 24.1 Å². The van der Waals surface area contributed by atoms with Gasteiger partial charge in [-0.05, 0) is 25.9 Å². The first-order chi connectivity index (χ1) is 9.39. The molecular formula is C14H31N3O2S. The van der Waals surface area contributed by atoms with Crippen molar-refractivity contribution in [3.05, 3.63) is 0 Å². The Morgan fingerprint density at radius 3 is 2.15 bits per heavy atom. The highest BCUT2D eigenvalue weighted by Crippen LogP contribution is 2.08. The number of piperazine rings is 1. The van der Waals surface area contributed by atoms with E-state index in [0.29, 0.717) is 19.1 Å². The first-order valence-electron chi connectivity index (χ1n) is 7.80. The molecule has 0 atom stereocenters. The lowest BCUT2D eigenvalue weighted by atomic mass is 10.1. The highest BCUT2D eigenvalue weighted by atomic mass is 32.2. The Morgan fingerprint density at radius 1 is 1.00 bits per heavy atom. The summed E-state index contributed by atoms with van der Waals surface area (Å²) >= 11 is 0. The summed E-state index contributed by atoms with van der Waals surface area (Å²) in [7, 11) is -2.99. The molecule has 0 saturated carbocycles. The van der Waals surface area contributed by atoms with Crippen LogP contribution in [0, 0.1) is 0 Å². The number of hydrogen-bond donors (Lipinski definition) is 1. The first-order valence-corrected chi connectivity index (χ1v) is 9.65. The summed E-state index contributed by atoms with van der Waals surface area (Å²) in [6, 6.07) is 0.584. The molecule has 1 rings (SSSR count). The van der Waals surface area contributed by atoms with Gasteiger partial charge < -0.3 is 10.2 Å². The Morgan fingerprint density at radius 2 is 1.60 bits per heavy atom. The molecule has 0 aliphatic carbocycles. The molecule has 1 heterocycles. The van der Waals surface area contributed by atoms with E-state index in [-0.39, 0.29) is 0 Å². The van der Waals surface area contributed by atoms with Gasteiger partial charge in [0.25, 0.3) is 0 Å². The molecule has 0 spiro atoms. The molecule has 1 aliphatic rings. The van der Waals surface area contributed by atoms with Crippen LogP contribution in [0.15, 0.2) is 0 Å². The molecule has 1 N–H and O–H groups in total. The van der Waals surface area contributed by atoms with Crippen LogP contribution >= 0.6 is 0 Å². The second-order valence-corrected chi connectivity index (χ2v) is 8.01. The molecule has 0 unspecified atom stereocenters. The molecule has 1 aliphatic heterocycles. The highest BCUT2D eigenvalue weighted by Gasteiger charge is 2.22. The predicted molar refractivity (Wildman–Crippen MR) is 84.5 cm³/mol. The summed E-state index contributed by atoms with van der Waals surface area (Å²) < 4.78 is 24.4. The van der Waals surface area contributed by atoms with E-state index >= 15 is 0 Å². The topological polar surface area (TPSA) is 52.6 Å². The maximum atomic E-state index is 11.4. The number of nitrogens with one attached hydrogen (secondary N) is 1. The molecule has 0 aromatic carbocycles. The van der Waals surface area contributed by atoms with Gasteiger partial charge in [-0.25, -0.2) is 8.42 Å². The molecule has 120 valence electrons. The monoisotopic (exact) mass is 305 g/mol. The minimum atomic E-state index is -2.99. The molecule has 5 nitrogen and oxygen atoms in total. The fourth-order valence-corrected chi connectivity index (χ4v) is 3.32. The van der Waals surface area contributed by atoms with Crippen molar-refractivity contribution in [1.29, 1.82) is 0 Å². The van der Waals surface area contributed by atoms with Crippen LogP contribution < -0.4 is 5.32 Å². The van der Waals surface area contributed by atoms with Crippen LogP contribution in [-0.2, 0) is 10.0 Å². The zero-order valence-electron chi connectivity index (χ0n) is 13.3. The van der Waals surface area contributed by atoms with E-state index in [0.717, 1.165) is 26.2 Å². The summed E-state index contributed by atoms with van der Waals surface area (Å²) in [4.78, 5) is 2.38. The zero-order chi connectivity index (χ0) is 15.0. The highest BCUT2D eigenvalue weighted by molar-refractivity contribution is 7.88. The summed E-state index contributed by atoms with van der Waals surface area (Å²) in [5.41, 5.74) is 0. The molecule has 0 radical (unpaired) electrons. The number of unbranched alkanes of at least 4 members (excludes halogenated alkanes) is 3. The van der Waals surface area contributed by atoms with E-state index in [4.69, 9.17) is 0 Å². The number of sulfonamides is 1. The van der Waals surface area contributed by atoms with Gasteiger partial charge in [-0.2, -0.15) is 4.31 Å². The van der Waals surface area contributed by atoms with Gasteiger partial charge >= 0.3 is 0 Å². The van der Waals surface area contributed by atoms with E-state index in [1.165, 1.54) is 31.9 Å². The van der Waals surface area contributed by atoms with Crippen molar-refractivity contribution in [2.45, 2.75) is 45.6 Å². The lowest BCUT2D eigenvalue weighted by Crippen LogP contribution is -2.48. The molecular weight excluding hydrogens is 274 g/mol. The van der Waals surface area contributed by atoms with Crippen LogP contribution in [-0.4, -0.2) is 69.2 Å². The Kier molecular flexibility index (Phi) is 8.02. The molecule has 0 bridgehead atoms. The second-order valence-electron chi connectivity index (χ2n) is 6.03. The molecule has 1 fully saturated rings. The number of hydrogen-bond acceptors (Lipinski definition) is 4. The normalized spacial score (nSPS) is 18.8. The van der Waals surface area contributed by atoms with Crippen molar-refractivity contribution in [2.24, 2.45) is 0 Å². The maximum absolute atomic E-state index is 11.4. The molecule has 0 aromatic rings. The van der Waals surface area contributed by atoms with Crippen molar-refractivity contribution in [3.63, 3.8) is 0 Å². The smallest absolute Gasteiger partial charge is 0.211 e. The fraction of sp³-hybridized carbons (Fsp3) is 1.00. The Bertz CT molecular complexity index is 349. The third-order valence-corrected chi connectivity index (χ3v) is 5.06. The minimum absolute atomic E-state index is 0.584. The Hall–Kier alpha value is -0.170. The maximum Gasteiger partial charge on any atom is 0.211 e. The van der Waals surface area contributed by atoms with Crippen molar-refractivity contribution in [3.8, 4) is 0 Å². The van der Waals surface area contributed by atoms with E-state index in [1.54, 1.807) is 4.31 Å². The standard InChI is InChI=1S/C14H31N3O2S/c1-14(2)15-8-6-4-5-7-9-16-10-12-17(13-11-16)20(3,18)19/h14-15H,4-13H2,1-3H3. The molecule has 0 amide bonds. The largest absolute Gasteiger partial charge is 0.315 e. The quantitative estimate of drug-likeness (QED) is 0.649. The third kappa shape index (κ3) is 7.57. The predicted octanol–water partition coefficient (Wildman–Crippen LogP) is 1.12. The van der Waals surface area contributed by atoms with Gasteiger partial charge in [0.1, 0.15) is 0 Å². The van der Waals surface area contributed by atoms with E-state index in [1.807, 2.05) is 0 Å². The van der Waals surface area contributed by atoms with Gasteiger partial charge in [0, 0.05) is 32.2 Å². The van der Waals surface area contributed by atoms with Gasteiger partial charge in [-0.1, -0.05) is 26.7 Å². The summed E-state index contributed by atoms with van der Waals surface area (Å²) in [5.74, 6) is 0. The van der Waals surface area contributed by atoms with Crippen LogP contribution in [0.25, 0.3) is 0 Å². The lowest BCUT2D eigenvalue weighted by Gasteiger charge is -2.33. The fourth-order valence-electron chi connectivity index (χ4n) is 2.49. The average molecular weight is 305 g/mol. The van der Waals surface area contributed by atoms with Crippen molar-refractivity contribution >= 4 is 10.0 Å². The molecule has 0 aromatic heterocycles. The van der Waals surface area contributed by atoms with Crippen molar-refractivity contribution in [1.82, 2.24) is 14.5 Å². The summed E-state index contributed by atoms with van der Waals surface area (Å²) in [6.07, 6.45) is 6.32. The third-order valence-electron chi connectivity index (χ3n) is 3.75. The van der Waals surface area contributed by atoms with Gasteiger partial charge in [0.05, 0.1) is 6.26 Å². The van der Waals surface area contributed by atoms with Crippen molar-refractivity contribution < 1.29 is 8.42 Å². The Labute approximate surface area is 124 Å². The van der Waals surface area contributed by atoms with Gasteiger partial charge in [-0.15, -0.1) is 0 Å². The minimum Gasteiger partial charge on any atom is -0.315 e. The van der Waals surface area contributed by atoms with Crippen molar-refractivity contribution in [2.75, 3.05) is 45.5 Å². The number of nitrogens with zero attached hydrogens (tertiary/aromatic N) is 2. The SMILES string of the molecule is CC(C)NCCCCCCN1CCN(S(C)(=O)=O)CC1.